The van der Waals surface area contributed by atoms with Gasteiger partial charge in [-0.15, -0.1) is 0 Å². The van der Waals surface area contributed by atoms with Crippen LogP contribution in [0.2, 0.25) is 0 Å². The molecule has 0 fully saturated rings. The third-order valence-electron chi connectivity index (χ3n) is 8.84. The molecule has 0 radical (unpaired) electrons. The number of carbonyl (C=O) groups is 1. The summed E-state index contributed by atoms with van der Waals surface area (Å²) in [5.74, 6) is -0.157. The number of nitrogens with zero attached hydrogens (tertiary/aromatic N) is 1. The molecule has 0 aliphatic heterocycles. The third kappa shape index (κ3) is 35.5. The van der Waals surface area contributed by atoms with Crippen molar-refractivity contribution in [2.24, 2.45) is 0 Å². The Morgan fingerprint density at radius 3 is 1.40 bits per heavy atom. The Morgan fingerprint density at radius 1 is 0.553 bits per heavy atom. The molecular formula is C43H79NO3. The fraction of sp³-hybridized carbons (Fsp3) is 0.791. The largest absolute Gasteiger partial charge is 0.460 e. The van der Waals surface area contributed by atoms with Crippen molar-refractivity contribution in [3.8, 4) is 0 Å². The van der Waals surface area contributed by atoms with Gasteiger partial charge in [0.25, 0.3) is 0 Å². The molecule has 1 N–H and O–H groups in total. The molecule has 4 heteroatoms. The smallest absolute Gasteiger partial charge is 0.306 e. The molecule has 2 unspecified atom stereocenters. The predicted molar refractivity (Wildman–Crippen MR) is 207 cm³/mol. The van der Waals surface area contributed by atoms with Crippen molar-refractivity contribution in [3.63, 3.8) is 0 Å². The maximum atomic E-state index is 12.6. The van der Waals surface area contributed by atoms with Gasteiger partial charge in [0.2, 0.25) is 0 Å². The Kier molecular flexibility index (Phi) is 35.9. The Morgan fingerprint density at radius 2 is 0.957 bits per heavy atom. The molecule has 0 aromatic rings. The minimum atomic E-state index is -0.552. The van der Waals surface area contributed by atoms with Crippen molar-refractivity contribution >= 4 is 5.97 Å². The summed E-state index contributed by atoms with van der Waals surface area (Å²) in [6.45, 7) is 5.38. The minimum absolute atomic E-state index is 0.157. The predicted octanol–water partition coefficient (Wildman–Crippen LogP) is 12.6. The van der Waals surface area contributed by atoms with Crippen molar-refractivity contribution in [2.75, 3.05) is 20.6 Å². The van der Waals surface area contributed by atoms with Crippen molar-refractivity contribution in [2.45, 2.75) is 199 Å². The molecule has 274 valence electrons. The lowest BCUT2D eigenvalue weighted by atomic mass is 9.99. The first-order valence-electron chi connectivity index (χ1n) is 20.1. The highest BCUT2D eigenvalue weighted by atomic mass is 16.6. The van der Waals surface area contributed by atoms with E-state index in [1.165, 1.54) is 103 Å². The van der Waals surface area contributed by atoms with Gasteiger partial charge in [-0.3, -0.25) is 4.79 Å². The van der Waals surface area contributed by atoms with E-state index in [1.54, 1.807) is 0 Å². The van der Waals surface area contributed by atoms with E-state index in [0.717, 1.165) is 70.8 Å². The van der Waals surface area contributed by atoms with E-state index in [1.807, 2.05) is 14.1 Å². The SMILES string of the molecule is CCCCC/C=C/C/C=C/CCCCCCCCC(OC(=O)CCCN(C)C)C(O)CCCCCCC/C=C/C/C=C/CCCCC. The number of aliphatic hydroxyl groups excluding tert-OH is 1. The van der Waals surface area contributed by atoms with Gasteiger partial charge in [-0.05, 0) is 111 Å². The molecule has 0 saturated heterocycles. The molecule has 0 aliphatic carbocycles. The molecule has 4 nitrogen and oxygen atoms in total. The molecule has 0 aromatic heterocycles. The van der Waals surface area contributed by atoms with Crippen molar-refractivity contribution in [1.82, 2.24) is 4.90 Å². The topological polar surface area (TPSA) is 49.8 Å². The zero-order valence-electron chi connectivity index (χ0n) is 31.8. The average Bonchev–Trinajstić information content (AvgIpc) is 3.05. The van der Waals surface area contributed by atoms with E-state index < -0.39 is 6.10 Å². The van der Waals surface area contributed by atoms with Crippen LogP contribution in [-0.4, -0.2) is 48.8 Å². The van der Waals surface area contributed by atoms with Crippen LogP contribution in [0, 0.1) is 0 Å². The van der Waals surface area contributed by atoms with Crippen molar-refractivity contribution < 1.29 is 14.6 Å². The fourth-order valence-electron chi connectivity index (χ4n) is 5.78. The number of rotatable bonds is 35. The Bertz CT molecular complexity index is 769. The summed E-state index contributed by atoms with van der Waals surface area (Å²) in [4.78, 5) is 14.6. The molecular weight excluding hydrogens is 578 g/mol. The summed E-state index contributed by atoms with van der Waals surface area (Å²) in [6.07, 6.45) is 48.1. The lowest BCUT2D eigenvalue weighted by Gasteiger charge is -2.23. The first-order valence-corrected chi connectivity index (χ1v) is 20.1. The number of unbranched alkanes of at least 4 members (excludes halogenated alkanes) is 17. The average molecular weight is 658 g/mol. The summed E-state index contributed by atoms with van der Waals surface area (Å²) in [6, 6.07) is 0. The molecule has 2 atom stereocenters. The van der Waals surface area contributed by atoms with E-state index in [0.29, 0.717) is 6.42 Å². The second kappa shape index (κ2) is 37.2. The van der Waals surface area contributed by atoms with Crippen LogP contribution in [0.25, 0.3) is 0 Å². The number of hydrogen-bond donors (Lipinski definition) is 1. The Labute approximate surface area is 293 Å². The van der Waals surface area contributed by atoms with Crippen LogP contribution in [0.3, 0.4) is 0 Å². The normalized spacial score (nSPS) is 13.7. The summed E-state index contributed by atoms with van der Waals surface area (Å²) in [5.41, 5.74) is 0. The number of ether oxygens (including phenoxy) is 1. The first kappa shape index (κ1) is 45.3. The minimum Gasteiger partial charge on any atom is -0.460 e. The fourth-order valence-corrected chi connectivity index (χ4v) is 5.78. The van der Waals surface area contributed by atoms with Crippen LogP contribution in [0.4, 0.5) is 0 Å². The Hall–Kier alpha value is -1.65. The number of esters is 1. The number of hydrogen-bond acceptors (Lipinski definition) is 4. The van der Waals surface area contributed by atoms with Gasteiger partial charge >= 0.3 is 5.97 Å². The van der Waals surface area contributed by atoms with E-state index >= 15 is 0 Å². The van der Waals surface area contributed by atoms with Crippen LogP contribution in [-0.2, 0) is 9.53 Å². The third-order valence-corrected chi connectivity index (χ3v) is 8.84. The molecule has 0 aromatic carbocycles. The zero-order valence-corrected chi connectivity index (χ0v) is 31.8. The Balaban J connectivity index is 4.16. The summed E-state index contributed by atoms with van der Waals surface area (Å²) >= 11 is 0. The maximum absolute atomic E-state index is 12.6. The van der Waals surface area contributed by atoms with Gasteiger partial charge in [-0.2, -0.15) is 0 Å². The van der Waals surface area contributed by atoms with Gasteiger partial charge in [0.15, 0.2) is 0 Å². The zero-order chi connectivity index (χ0) is 34.5. The summed E-state index contributed by atoms with van der Waals surface area (Å²) in [5, 5.41) is 11.0. The van der Waals surface area contributed by atoms with Crippen molar-refractivity contribution in [3.05, 3.63) is 48.6 Å². The second-order valence-corrected chi connectivity index (χ2v) is 13.9. The van der Waals surface area contributed by atoms with Crippen molar-refractivity contribution in [1.29, 1.82) is 0 Å². The number of allylic oxidation sites excluding steroid dienone is 8. The molecule has 47 heavy (non-hydrogen) atoms. The van der Waals surface area contributed by atoms with Gasteiger partial charge in [0.05, 0.1) is 6.10 Å². The maximum Gasteiger partial charge on any atom is 0.306 e. The van der Waals surface area contributed by atoms with Gasteiger partial charge in [0.1, 0.15) is 6.10 Å². The molecule has 0 saturated carbocycles. The van der Waals surface area contributed by atoms with E-state index in [-0.39, 0.29) is 12.1 Å². The molecule has 0 heterocycles. The molecule has 0 bridgehead atoms. The number of aliphatic hydroxyl groups is 1. The van der Waals surface area contributed by atoms with E-state index in [2.05, 4.69) is 67.4 Å². The standard InChI is InChI=1S/C43H79NO3/c1-5-7-9-11-13-15-17-19-21-23-25-27-29-31-33-35-38-42(47-43(46)39-36-40-44(3)4)41(45)37-34-32-30-28-26-24-22-20-18-16-14-12-10-8-6-2/h13-16,19-22,41-42,45H,5-12,17-18,23-40H2,1-4H3/b15-13+,16-14+,21-19+,22-20+. The second-order valence-electron chi connectivity index (χ2n) is 13.9. The van der Waals surface area contributed by atoms with Gasteiger partial charge in [-0.1, -0.05) is 140 Å². The summed E-state index contributed by atoms with van der Waals surface area (Å²) < 4.78 is 5.86. The molecule has 0 aliphatic rings. The van der Waals surface area contributed by atoms with Gasteiger partial charge in [-0.25, -0.2) is 0 Å². The number of carbonyl (C=O) groups excluding carboxylic acids is 1. The van der Waals surface area contributed by atoms with Crippen LogP contribution < -0.4 is 0 Å². The lowest BCUT2D eigenvalue weighted by molar-refractivity contribution is -0.156. The highest BCUT2D eigenvalue weighted by molar-refractivity contribution is 5.69. The molecule has 0 amide bonds. The molecule has 0 spiro atoms. The van der Waals surface area contributed by atoms with Crippen LogP contribution in [0.5, 0.6) is 0 Å². The lowest BCUT2D eigenvalue weighted by Crippen LogP contribution is -2.31. The van der Waals surface area contributed by atoms with Gasteiger partial charge in [0, 0.05) is 6.42 Å². The summed E-state index contributed by atoms with van der Waals surface area (Å²) in [7, 11) is 4.05. The quantitative estimate of drug-likeness (QED) is 0.0418. The van der Waals surface area contributed by atoms with Crippen LogP contribution >= 0.6 is 0 Å². The van der Waals surface area contributed by atoms with E-state index in [9.17, 15) is 9.90 Å². The molecule has 0 rings (SSSR count). The van der Waals surface area contributed by atoms with E-state index in [4.69, 9.17) is 4.74 Å². The highest BCUT2D eigenvalue weighted by Gasteiger charge is 2.22. The monoisotopic (exact) mass is 658 g/mol. The van der Waals surface area contributed by atoms with Crippen LogP contribution in [0.15, 0.2) is 48.6 Å². The van der Waals surface area contributed by atoms with Gasteiger partial charge < -0.3 is 14.7 Å². The first-order chi connectivity index (χ1) is 23.0. The highest BCUT2D eigenvalue weighted by Crippen LogP contribution is 2.19. The van der Waals surface area contributed by atoms with Crippen LogP contribution in [0.1, 0.15) is 187 Å².